The van der Waals surface area contributed by atoms with Gasteiger partial charge in [0, 0.05) is 24.9 Å². The smallest absolute Gasteiger partial charge is 0.320 e. The number of carbonyl (C=O) groups is 2. The number of pyridine rings is 1. The summed E-state index contributed by atoms with van der Waals surface area (Å²) in [4.78, 5) is 33.0. The van der Waals surface area contributed by atoms with Gasteiger partial charge in [-0.2, -0.15) is 0 Å². The van der Waals surface area contributed by atoms with Crippen molar-refractivity contribution in [3.63, 3.8) is 0 Å². The van der Waals surface area contributed by atoms with Crippen LogP contribution in [0.1, 0.15) is 0 Å². The molecule has 7 nitrogen and oxygen atoms in total. The molecule has 2 aliphatic heterocycles. The Morgan fingerprint density at radius 2 is 2.12 bits per heavy atom. The molecule has 8 heteroatoms. The third-order valence-corrected chi connectivity index (χ3v) is 5.95. The van der Waals surface area contributed by atoms with E-state index in [2.05, 4.69) is 16.0 Å². The van der Waals surface area contributed by atoms with Crippen molar-refractivity contribution in [3.8, 4) is 0 Å². The summed E-state index contributed by atoms with van der Waals surface area (Å²) in [5.74, 6) is 1.83. The van der Waals surface area contributed by atoms with Gasteiger partial charge >= 0.3 is 5.97 Å². The van der Waals surface area contributed by atoms with Crippen molar-refractivity contribution in [2.24, 2.45) is 0 Å². The van der Waals surface area contributed by atoms with Crippen molar-refractivity contribution in [2.75, 3.05) is 63.6 Å². The fourth-order valence-corrected chi connectivity index (χ4v) is 4.42. The van der Waals surface area contributed by atoms with Gasteiger partial charge in [0.05, 0.1) is 13.3 Å². The van der Waals surface area contributed by atoms with Gasteiger partial charge in [-0.1, -0.05) is 6.07 Å². The number of piperazine rings is 1. The van der Waals surface area contributed by atoms with Gasteiger partial charge in [0.1, 0.15) is 31.4 Å². The maximum atomic E-state index is 12.6. The average Bonchev–Trinajstić information content (AvgIpc) is 2.68. The number of aromatic amines is 1. The lowest BCUT2D eigenvalue weighted by molar-refractivity contribution is -0.892. The number of nitrogens with one attached hydrogen (secondary N) is 2. The summed E-state index contributed by atoms with van der Waals surface area (Å²) in [6, 6.07) is 6.08. The van der Waals surface area contributed by atoms with Crippen LogP contribution in [0.25, 0.3) is 0 Å². The molecule has 0 bridgehead atoms. The number of ether oxygens (including phenoxy) is 1. The molecule has 25 heavy (non-hydrogen) atoms. The highest BCUT2D eigenvalue weighted by atomic mass is 32.2. The molecule has 0 aromatic carbocycles. The largest absolute Gasteiger partial charge is 0.468 e. The van der Waals surface area contributed by atoms with Crippen molar-refractivity contribution in [3.05, 3.63) is 24.4 Å². The first-order chi connectivity index (χ1) is 12.2. The maximum Gasteiger partial charge on any atom is 0.320 e. The zero-order chi connectivity index (χ0) is 17.6. The Bertz CT molecular complexity index is 593. The summed E-state index contributed by atoms with van der Waals surface area (Å²) in [6.45, 7) is 5.44. The molecule has 0 aliphatic carbocycles. The minimum absolute atomic E-state index is 0.143. The summed E-state index contributed by atoms with van der Waals surface area (Å²) in [7, 11) is 1.40. The molecule has 0 saturated carbocycles. The molecule has 2 N–H and O–H groups in total. The Balaban J connectivity index is 1.47. The molecule has 2 fully saturated rings. The van der Waals surface area contributed by atoms with E-state index in [1.807, 2.05) is 23.2 Å². The fraction of sp³-hybridized carbons (Fsp3) is 0.588. The van der Waals surface area contributed by atoms with Gasteiger partial charge in [0.15, 0.2) is 6.54 Å². The minimum atomic E-state index is -0.247. The number of hydrogen-bond donors (Lipinski definition) is 1. The van der Waals surface area contributed by atoms with Gasteiger partial charge in [-0.05, 0) is 6.07 Å². The molecule has 2 saturated heterocycles. The normalized spacial score (nSPS) is 21.9. The molecular weight excluding hydrogens is 340 g/mol. The Morgan fingerprint density at radius 1 is 1.32 bits per heavy atom. The molecule has 1 atom stereocenters. The van der Waals surface area contributed by atoms with E-state index in [1.165, 1.54) is 12.0 Å². The topological polar surface area (TPSA) is 68.4 Å². The number of aromatic nitrogens is 1. The van der Waals surface area contributed by atoms with Gasteiger partial charge in [-0.25, -0.2) is 4.98 Å². The highest BCUT2D eigenvalue weighted by Crippen LogP contribution is 2.19. The monoisotopic (exact) mass is 366 g/mol. The first-order valence-corrected chi connectivity index (χ1v) is 9.74. The van der Waals surface area contributed by atoms with Crippen LogP contribution in [0.4, 0.5) is 5.82 Å². The van der Waals surface area contributed by atoms with Crippen LogP contribution in [-0.2, 0) is 14.3 Å². The molecular formula is C17H26N4O3S+2. The number of thioether (sulfide) groups is 1. The van der Waals surface area contributed by atoms with E-state index in [1.54, 1.807) is 11.8 Å². The molecule has 1 aromatic rings. The van der Waals surface area contributed by atoms with E-state index in [-0.39, 0.29) is 17.1 Å². The third-order valence-electron chi connectivity index (χ3n) is 4.79. The first-order valence-electron chi connectivity index (χ1n) is 8.70. The van der Waals surface area contributed by atoms with Crippen LogP contribution in [-0.4, -0.2) is 80.7 Å². The van der Waals surface area contributed by atoms with Crippen molar-refractivity contribution in [1.29, 1.82) is 0 Å². The number of hydrogen-bond acceptors (Lipinski definition) is 5. The molecule has 136 valence electrons. The molecule has 3 rings (SSSR count). The number of quaternary nitrogens is 1. The summed E-state index contributed by atoms with van der Waals surface area (Å²) in [5, 5.41) is -0.247. The number of anilines is 1. The predicted octanol–water partition coefficient (Wildman–Crippen LogP) is -1.68. The number of esters is 1. The minimum Gasteiger partial charge on any atom is -0.468 e. The van der Waals surface area contributed by atoms with Crippen molar-refractivity contribution in [2.45, 2.75) is 5.25 Å². The second-order valence-corrected chi connectivity index (χ2v) is 7.69. The number of methoxy groups -OCH3 is 1. The van der Waals surface area contributed by atoms with Crippen LogP contribution >= 0.6 is 11.8 Å². The zero-order valence-electron chi connectivity index (χ0n) is 14.6. The van der Waals surface area contributed by atoms with Crippen molar-refractivity contribution in [1.82, 2.24) is 4.90 Å². The highest BCUT2D eigenvalue weighted by Gasteiger charge is 2.33. The fourth-order valence-electron chi connectivity index (χ4n) is 3.30. The number of nitrogens with zero attached hydrogens (tertiary/aromatic N) is 2. The van der Waals surface area contributed by atoms with E-state index >= 15 is 0 Å². The van der Waals surface area contributed by atoms with Crippen LogP contribution in [0.3, 0.4) is 0 Å². The lowest BCUT2D eigenvalue weighted by Gasteiger charge is -2.33. The molecule has 1 aromatic heterocycles. The van der Waals surface area contributed by atoms with Crippen molar-refractivity contribution >= 4 is 29.5 Å². The van der Waals surface area contributed by atoms with Gasteiger partial charge in [0.25, 0.3) is 11.7 Å². The SMILES string of the molecule is COC(=O)[C@H]1CN(C(=O)C[NH+]2CCN(c3cccc[nH+]3)CC2)CCS1. The number of rotatable bonds is 4. The predicted molar refractivity (Wildman–Crippen MR) is 95.6 cm³/mol. The maximum absolute atomic E-state index is 12.6. The van der Waals surface area contributed by atoms with E-state index in [4.69, 9.17) is 4.74 Å². The second kappa shape index (κ2) is 8.53. The number of carbonyl (C=O) groups excluding carboxylic acids is 2. The van der Waals surface area contributed by atoms with Gasteiger partial charge < -0.3 is 14.5 Å². The molecule has 0 spiro atoms. The Labute approximate surface area is 152 Å². The van der Waals surface area contributed by atoms with Crippen molar-refractivity contribution < 1.29 is 24.2 Å². The number of amides is 1. The Morgan fingerprint density at radius 3 is 2.80 bits per heavy atom. The number of H-pyrrole nitrogens is 1. The summed E-state index contributed by atoms with van der Waals surface area (Å²) < 4.78 is 4.81. The Hall–Kier alpha value is -1.80. The van der Waals surface area contributed by atoms with E-state index in [0.29, 0.717) is 13.1 Å². The first kappa shape index (κ1) is 18.0. The quantitative estimate of drug-likeness (QED) is 0.645. The third kappa shape index (κ3) is 4.64. The highest BCUT2D eigenvalue weighted by molar-refractivity contribution is 8.00. The van der Waals surface area contributed by atoms with Crippen LogP contribution in [0.15, 0.2) is 24.4 Å². The molecule has 2 aliphatic rings. The average molecular weight is 366 g/mol. The van der Waals surface area contributed by atoms with E-state index in [9.17, 15) is 9.59 Å². The Kier molecular flexibility index (Phi) is 6.14. The molecule has 0 radical (unpaired) electrons. The van der Waals surface area contributed by atoms with Crippen LogP contribution in [0.2, 0.25) is 0 Å². The van der Waals surface area contributed by atoms with E-state index < -0.39 is 0 Å². The molecule has 3 heterocycles. The van der Waals surface area contributed by atoms with Crippen LogP contribution in [0, 0.1) is 0 Å². The summed E-state index contributed by atoms with van der Waals surface area (Å²) >= 11 is 1.58. The summed E-state index contributed by atoms with van der Waals surface area (Å²) in [5.41, 5.74) is 0. The molecule has 1 amide bonds. The second-order valence-electron chi connectivity index (χ2n) is 6.38. The zero-order valence-corrected chi connectivity index (χ0v) is 15.4. The molecule has 0 unspecified atom stereocenters. The lowest BCUT2D eigenvalue weighted by Crippen LogP contribution is -3.16. The summed E-state index contributed by atoms with van der Waals surface area (Å²) in [6.07, 6.45) is 1.93. The lowest BCUT2D eigenvalue weighted by atomic mass is 10.2. The van der Waals surface area contributed by atoms with Crippen LogP contribution in [0.5, 0.6) is 0 Å². The van der Waals surface area contributed by atoms with E-state index in [0.717, 1.165) is 44.3 Å². The van der Waals surface area contributed by atoms with Crippen LogP contribution < -0.4 is 14.8 Å². The van der Waals surface area contributed by atoms with Gasteiger partial charge in [-0.3, -0.25) is 14.5 Å². The van der Waals surface area contributed by atoms with Gasteiger partial charge in [0.2, 0.25) is 0 Å². The standard InChI is InChI=1S/C17H24N4O3S/c1-24-17(23)14-12-21(10-11-25-14)16(22)13-19-6-8-20(9-7-19)15-4-2-3-5-18-15/h2-5,14H,6-13H2,1H3/p+2/t14-/m1/s1. The van der Waals surface area contributed by atoms with Gasteiger partial charge in [-0.15, -0.1) is 11.8 Å².